The van der Waals surface area contributed by atoms with Crippen molar-refractivity contribution in [1.82, 2.24) is 15.1 Å². The van der Waals surface area contributed by atoms with Gasteiger partial charge in [-0.25, -0.2) is 9.07 Å². The summed E-state index contributed by atoms with van der Waals surface area (Å²) >= 11 is 6.27. The fourth-order valence-electron chi connectivity index (χ4n) is 2.10. The average Bonchev–Trinajstić information content (AvgIpc) is 2.75. The molecule has 0 saturated heterocycles. The van der Waals surface area contributed by atoms with Gasteiger partial charge in [-0.15, -0.1) is 0 Å². The minimum absolute atomic E-state index is 0.151. The van der Waals surface area contributed by atoms with E-state index in [1.54, 1.807) is 26.2 Å². The molecule has 0 aliphatic rings. The summed E-state index contributed by atoms with van der Waals surface area (Å²) < 4.78 is 19.4. The highest BCUT2D eigenvalue weighted by Crippen LogP contribution is 2.23. The average molecular weight is 326 g/mol. The molecule has 1 aromatic heterocycles. The molecule has 1 heterocycles. The summed E-state index contributed by atoms with van der Waals surface area (Å²) in [7, 11) is 1.56. The molecule has 2 aromatic rings. The van der Waals surface area contributed by atoms with Crippen molar-refractivity contribution in [2.45, 2.75) is 19.9 Å². The lowest BCUT2D eigenvalue weighted by atomic mass is 10.2. The van der Waals surface area contributed by atoms with Crippen LogP contribution in [-0.2, 0) is 4.74 Å². The number of carbonyl (C=O) groups is 1. The van der Waals surface area contributed by atoms with Crippen LogP contribution in [0, 0.1) is 12.7 Å². The number of nitrogens with zero attached hydrogens (tertiary/aromatic N) is 2. The Labute approximate surface area is 133 Å². The van der Waals surface area contributed by atoms with Gasteiger partial charge in [0.25, 0.3) is 5.91 Å². The number of hydrogen-bond donors (Lipinski definition) is 1. The molecule has 5 nitrogen and oxygen atoms in total. The van der Waals surface area contributed by atoms with E-state index in [2.05, 4.69) is 10.4 Å². The van der Waals surface area contributed by atoms with Crippen LogP contribution in [-0.4, -0.2) is 35.4 Å². The van der Waals surface area contributed by atoms with Gasteiger partial charge in [-0.2, -0.15) is 5.10 Å². The molecule has 0 aliphatic carbocycles. The lowest BCUT2D eigenvalue weighted by Gasteiger charge is -2.12. The molecule has 22 heavy (non-hydrogen) atoms. The first-order chi connectivity index (χ1) is 10.4. The van der Waals surface area contributed by atoms with E-state index >= 15 is 0 Å². The number of methoxy groups -OCH3 is 1. The summed E-state index contributed by atoms with van der Waals surface area (Å²) in [5.74, 6) is -0.671. The Morgan fingerprint density at radius 3 is 2.68 bits per heavy atom. The van der Waals surface area contributed by atoms with Crippen LogP contribution in [0.5, 0.6) is 0 Å². The van der Waals surface area contributed by atoms with E-state index in [-0.39, 0.29) is 22.9 Å². The summed E-state index contributed by atoms with van der Waals surface area (Å²) in [5.41, 5.74) is 1.38. The van der Waals surface area contributed by atoms with Crippen molar-refractivity contribution < 1.29 is 13.9 Å². The standard InChI is InChI=1S/C15H17ClFN3O2/c1-9(8-22-3)18-15(21)13-10(2)19-20(14(13)16)12-6-4-11(17)5-7-12/h4-7,9H,8H2,1-3H3,(H,18,21). The van der Waals surface area contributed by atoms with Crippen LogP contribution >= 0.6 is 11.6 Å². The Balaban J connectivity index is 2.31. The van der Waals surface area contributed by atoms with Crippen molar-refractivity contribution >= 4 is 17.5 Å². The molecule has 1 aromatic carbocycles. The third-order valence-electron chi connectivity index (χ3n) is 3.10. The number of hydrogen-bond acceptors (Lipinski definition) is 3. The fraction of sp³-hybridized carbons (Fsp3) is 0.333. The van der Waals surface area contributed by atoms with Crippen LogP contribution in [0.2, 0.25) is 5.15 Å². The van der Waals surface area contributed by atoms with E-state index in [1.165, 1.54) is 16.8 Å². The smallest absolute Gasteiger partial charge is 0.256 e. The van der Waals surface area contributed by atoms with Crippen molar-refractivity contribution in [2.75, 3.05) is 13.7 Å². The van der Waals surface area contributed by atoms with Gasteiger partial charge in [-0.05, 0) is 38.1 Å². The molecular weight excluding hydrogens is 309 g/mol. The van der Waals surface area contributed by atoms with Crippen molar-refractivity contribution in [2.24, 2.45) is 0 Å². The predicted molar refractivity (Wildman–Crippen MR) is 82.1 cm³/mol. The van der Waals surface area contributed by atoms with Crippen LogP contribution in [0.1, 0.15) is 23.0 Å². The zero-order valence-corrected chi connectivity index (χ0v) is 13.3. The van der Waals surface area contributed by atoms with Crippen LogP contribution < -0.4 is 5.32 Å². The Kier molecular flexibility index (Phi) is 5.15. The van der Waals surface area contributed by atoms with Crippen LogP contribution in [0.3, 0.4) is 0 Å². The highest BCUT2D eigenvalue weighted by Gasteiger charge is 2.22. The molecule has 0 fully saturated rings. The Bertz CT molecular complexity index is 670. The number of amides is 1. The molecular formula is C15H17ClFN3O2. The number of aromatic nitrogens is 2. The quantitative estimate of drug-likeness (QED) is 0.919. The maximum Gasteiger partial charge on any atom is 0.256 e. The summed E-state index contributed by atoms with van der Waals surface area (Å²) in [5, 5.41) is 7.23. The minimum atomic E-state index is -0.352. The highest BCUT2D eigenvalue weighted by molar-refractivity contribution is 6.33. The van der Waals surface area contributed by atoms with Crippen molar-refractivity contribution in [3.05, 3.63) is 46.5 Å². The van der Waals surface area contributed by atoms with E-state index in [0.717, 1.165) is 0 Å². The van der Waals surface area contributed by atoms with Gasteiger partial charge in [-0.3, -0.25) is 4.79 Å². The van der Waals surface area contributed by atoms with Gasteiger partial charge in [0, 0.05) is 13.2 Å². The predicted octanol–water partition coefficient (Wildman–Crippen LogP) is 2.74. The van der Waals surface area contributed by atoms with Crippen LogP contribution in [0.25, 0.3) is 5.69 Å². The van der Waals surface area contributed by atoms with E-state index in [4.69, 9.17) is 16.3 Å². The second-order valence-corrected chi connectivity index (χ2v) is 5.33. The van der Waals surface area contributed by atoms with Gasteiger partial charge in [0.05, 0.1) is 23.6 Å². The van der Waals surface area contributed by atoms with Gasteiger partial charge < -0.3 is 10.1 Å². The fourth-order valence-corrected chi connectivity index (χ4v) is 2.46. The lowest BCUT2D eigenvalue weighted by Crippen LogP contribution is -2.35. The van der Waals surface area contributed by atoms with Crippen molar-refractivity contribution in [3.63, 3.8) is 0 Å². The third-order valence-corrected chi connectivity index (χ3v) is 3.45. The molecule has 1 unspecified atom stereocenters. The number of ether oxygens (including phenoxy) is 1. The molecule has 1 atom stereocenters. The summed E-state index contributed by atoms with van der Waals surface area (Å²) in [6, 6.07) is 5.56. The first kappa shape index (κ1) is 16.5. The van der Waals surface area contributed by atoms with Gasteiger partial charge in [-0.1, -0.05) is 11.6 Å². The normalized spacial score (nSPS) is 12.2. The van der Waals surface area contributed by atoms with Crippen LogP contribution in [0.4, 0.5) is 4.39 Å². The molecule has 2 rings (SSSR count). The van der Waals surface area contributed by atoms with Gasteiger partial charge in [0.1, 0.15) is 11.0 Å². The largest absolute Gasteiger partial charge is 0.383 e. The zero-order chi connectivity index (χ0) is 16.3. The SMILES string of the molecule is COCC(C)NC(=O)c1c(C)nn(-c2ccc(F)cc2)c1Cl. The number of benzene rings is 1. The second kappa shape index (κ2) is 6.89. The molecule has 1 N–H and O–H groups in total. The van der Waals surface area contributed by atoms with Crippen LogP contribution in [0.15, 0.2) is 24.3 Å². The summed E-state index contributed by atoms with van der Waals surface area (Å²) in [4.78, 5) is 12.3. The van der Waals surface area contributed by atoms with E-state index in [0.29, 0.717) is 23.6 Å². The molecule has 1 amide bonds. The number of aryl methyl sites for hydroxylation is 1. The molecule has 0 aliphatic heterocycles. The number of nitrogens with one attached hydrogen (secondary N) is 1. The molecule has 0 radical (unpaired) electrons. The maximum atomic E-state index is 13.0. The summed E-state index contributed by atoms with van der Waals surface area (Å²) in [6.07, 6.45) is 0. The molecule has 0 saturated carbocycles. The lowest BCUT2D eigenvalue weighted by molar-refractivity contribution is 0.0905. The summed E-state index contributed by atoms with van der Waals surface area (Å²) in [6.45, 7) is 3.92. The number of carbonyl (C=O) groups excluding carboxylic acids is 1. The highest BCUT2D eigenvalue weighted by atomic mass is 35.5. The van der Waals surface area contributed by atoms with Crippen molar-refractivity contribution in [1.29, 1.82) is 0 Å². The molecule has 0 bridgehead atoms. The first-order valence-corrected chi connectivity index (χ1v) is 7.12. The Hall–Kier alpha value is -1.92. The monoisotopic (exact) mass is 325 g/mol. The van der Waals surface area contributed by atoms with Gasteiger partial charge in [0.2, 0.25) is 0 Å². The van der Waals surface area contributed by atoms with Gasteiger partial charge in [0.15, 0.2) is 0 Å². The van der Waals surface area contributed by atoms with E-state index in [9.17, 15) is 9.18 Å². The van der Waals surface area contributed by atoms with Gasteiger partial charge >= 0.3 is 0 Å². The second-order valence-electron chi connectivity index (χ2n) is 4.97. The molecule has 118 valence electrons. The maximum absolute atomic E-state index is 13.0. The molecule has 7 heteroatoms. The Morgan fingerprint density at radius 1 is 1.45 bits per heavy atom. The third kappa shape index (κ3) is 3.45. The number of rotatable bonds is 5. The van der Waals surface area contributed by atoms with Crippen molar-refractivity contribution in [3.8, 4) is 5.69 Å². The Morgan fingerprint density at radius 2 is 2.09 bits per heavy atom. The van der Waals surface area contributed by atoms with E-state index in [1.807, 2.05) is 6.92 Å². The zero-order valence-electron chi connectivity index (χ0n) is 12.6. The van der Waals surface area contributed by atoms with E-state index < -0.39 is 0 Å². The first-order valence-electron chi connectivity index (χ1n) is 6.75. The topological polar surface area (TPSA) is 56.1 Å². The number of halogens is 2. The molecule has 0 spiro atoms. The minimum Gasteiger partial charge on any atom is -0.383 e.